The zero-order valence-electron chi connectivity index (χ0n) is 16.0. The Balaban J connectivity index is 2.47. The molecule has 3 heteroatoms. The van der Waals surface area contributed by atoms with Gasteiger partial charge in [-0.25, -0.2) is 0 Å². The predicted molar refractivity (Wildman–Crippen MR) is 102 cm³/mol. The fraction of sp³-hybridized carbons (Fsp3) is 0.524. The van der Waals surface area contributed by atoms with E-state index >= 15 is 0 Å². The summed E-state index contributed by atoms with van der Waals surface area (Å²) in [6, 6.07) is 6.39. The lowest BCUT2D eigenvalue weighted by atomic mass is 9.94. The van der Waals surface area contributed by atoms with Crippen LogP contribution in [0.4, 0.5) is 0 Å². The first-order chi connectivity index (χ1) is 11.5. The van der Waals surface area contributed by atoms with Crippen LogP contribution in [0, 0.1) is 6.92 Å². The Labute approximate surface area is 147 Å². The number of ether oxygens (including phenoxy) is 3. The van der Waals surface area contributed by atoms with Gasteiger partial charge in [0, 0.05) is 0 Å². The van der Waals surface area contributed by atoms with Crippen LogP contribution in [0.5, 0.6) is 0 Å². The van der Waals surface area contributed by atoms with Gasteiger partial charge in [-0.1, -0.05) is 24.3 Å². The Morgan fingerprint density at radius 2 is 1.62 bits per heavy atom. The van der Waals surface area contributed by atoms with Crippen molar-refractivity contribution >= 4 is 11.1 Å². The van der Waals surface area contributed by atoms with E-state index in [1.165, 1.54) is 22.3 Å². The van der Waals surface area contributed by atoms with E-state index in [4.69, 9.17) is 14.2 Å². The summed E-state index contributed by atoms with van der Waals surface area (Å²) < 4.78 is 16.5. The standard InChI is InChI=1S/C21H32O3/c1-7-17(4)20-9-8-10-21(19(20)6)18(5)15-23-12-11-22-13-14-24-16(2)3/h7-10,15-16H,11-14H2,1-6H3/b17-7+,18-15+. The van der Waals surface area contributed by atoms with Crippen LogP contribution in [-0.4, -0.2) is 32.5 Å². The molecule has 0 fully saturated rings. The summed E-state index contributed by atoms with van der Waals surface area (Å²) in [5, 5.41) is 0. The van der Waals surface area contributed by atoms with Gasteiger partial charge in [0.25, 0.3) is 0 Å². The molecule has 24 heavy (non-hydrogen) atoms. The van der Waals surface area contributed by atoms with Crippen molar-refractivity contribution in [3.8, 4) is 0 Å². The maximum absolute atomic E-state index is 5.62. The molecule has 0 atom stereocenters. The molecule has 0 N–H and O–H groups in total. The first kappa shape index (κ1) is 20.5. The van der Waals surface area contributed by atoms with Crippen LogP contribution < -0.4 is 0 Å². The molecule has 0 unspecified atom stereocenters. The Bertz CT molecular complexity index is 556. The maximum atomic E-state index is 5.62. The van der Waals surface area contributed by atoms with Gasteiger partial charge in [-0.3, -0.25) is 0 Å². The van der Waals surface area contributed by atoms with Gasteiger partial charge in [0.1, 0.15) is 6.61 Å². The van der Waals surface area contributed by atoms with Crippen LogP contribution >= 0.6 is 0 Å². The molecule has 0 radical (unpaired) electrons. The highest BCUT2D eigenvalue weighted by molar-refractivity contribution is 5.74. The molecule has 0 heterocycles. The molecule has 0 saturated carbocycles. The van der Waals surface area contributed by atoms with Crippen molar-refractivity contribution in [1.29, 1.82) is 0 Å². The SMILES string of the molecule is C/C=C(\C)c1cccc(/C(C)=C/OCCOCCOC(C)C)c1C. The minimum absolute atomic E-state index is 0.251. The topological polar surface area (TPSA) is 27.7 Å². The number of rotatable bonds is 10. The van der Waals surface area contributed by atoms with Crippen LogP contribution in [-0.2, 0) is 14.2 Å². The van der Waals surface area contributed by atoms with Gasteiger partial charge < -0.3 is 14.2 Å². The van der Waals surface area contributed by atoms with E-state index in [-0.39, 0.29) is 6.10 Å². The monoisotopic (exact) mass is 332 g/mol. The van der Waals surface area contributed by atoms with E-state index in [2.05, 4.69) is 52.0 Å². The van der Waals surface area contributed by atoms with Gasteiger partial charge in [-0.05, 0) is 69.4 Å². The summed E-state index contributed by atoms with van der Waals surface area (Å²) in [6.07, 6.45) is 4.22. The average Bonchev–Trinajstić information content (AvgIpc) is 2.56. The lowest BCUT2D eigenvalue weighted by molar-refractivity contribution is 0.00884. The van der Waals surface area contributed by atoms with E-state index in [0.717, 1.165) is 5.57 Å². The van der Waals surface area contributed by atoms with Gasteiger partial charge >= 0.3 is 0 Å². The Morgan fingerprint density at radius 1 is 1.00 bits per heavy atom. The first-order valence-corrected chi connectivity index (χ1v) is 8.68. The molecule has 0 aliphatic heterocycles. The number of allylic oxidation sites excluding steroid dienone is 3. The van der Waals surface area contributed by atoms with Crippen molar-refractivity contribution in [2.24, 2.45) is 0 Å². The normalized spacial score (nSPS) is 12.8. The quantitative estimate of drug-likeness (QED) is 0.433. The minimum Gasteiger partial charge on any atom is -0.498 e. The fourth-order valence-corrected chi connectivity index (χ4v) is 2.44. The summed E-state index contributed by atoms with van der Waals surface area (Å²) in [4.78, 5) is 0. The summed E-state index contributed by atoms with van der Waals surface area (Å²) in [5.41, 5.74) is 6.21. The van der Waals surface area contributed by atoms with Crippen LogP contribution in [0.25, 0.3) is 11.1 Å². The largest absolute Gasteiger partial charge is 0.498 e. The third-order valence-electron chi connectivity index (χ3n) is 3.90. The molecule has 1 aromatic carbocycles. The molecule has 0 amide bonds. The molecule has 0 aliphatic rings. The second kappa shape index (κ2) is 11.1. The summed E-state index contributed by atoms with van der Waals surface area (Å²) >= 11 is 0. The first-order valence-electron chi connectivity index (χ1n) is 8.68. The third kappa shape index (κ3) is 6.90. The number of hydrogen-bond donors (Lipinski definition) is 0. The summed E-state index contributed by atoms with van der Waals surface area (Å²) in [7, 11) is 0. The van der Waals surface area contributed by atoms with Crippen molar-refractivity contribution < 1.29 is 14.2 Å². The van der Waals surface area contributed by atoms with Gasteiger partial charge in [0.15, 0.2) is 0 Å². The van der Waals surface area contributed by atoms with E-state index in [0.29, 0.717) is 26.4 Å². The van der Waals surface area contributed by atoms with Crippen LogP contribution in [0.1, 0.15) is 51.3 Å². The third-order valence-corrected chi connectivity index (χ3v) is 3.90. The average molecular weight is 332 g/mol. The van der Waals surface area contributed by atoms with Crippen molar-refractivity contribution in [2.75, 3.05) is 26.4 Å². The molecular formula is C21H32O3. The highest BCUT2D eigenvalue weighted by Crippen LogP contribution is 2.26. The van der Waals surface area contributed by atoms with Gasteiger partial charge in [-0.15, -0.1) is 0 Å². The second-order valence-corrected chi connectivity index (χ2v) is 6.15. The van der Waals surface area contributed by atoms with Gasteiger partial charge in [0.05, 0.1) is 32.2 Å². The molecule has 0 bridgehead atoms. The van der Waals surface area contributed by atoms with Crippen LogP contribution in [0.2, 0.25) is 0 Å². The minimum atomic E-state index is 0.251. The van der Waals surface area contributed by atoms with E-state index in [1.807, 2.05) is 20.1 Å². The zero-order chi connectivity index (χ0) is 17.9. The lowest BCUT2D eigenvalue weighted by Crippen LogP contribution is -2.11. The molecule has 3 nitrogen and oxygen atoms in total. The van der Waals surface area contributed by atoms with E-state index in [9.17, 15) is 0 Å². The van der Waals surface area contributed by atoms with Crippen LogP contribution in [0.15, 0.2) is 30.5 Å². The Morgan fingerprint density at radius 3 is 2.25 bits per heavy atom. The molecule has 134 valence electrons. The molecular weight excluding hydrogens is 300 g/mol. The Hall–Kier alpha value is -1.58. The smallest absolute Gasteiger partial charge is 0.111 e. The molecule has 0 aliphatic carbocycles. The Kier molecular flexibility index (Phi) is 9.43. The summed E-state index contributed by atoms with van der Waals surface area (Å²) in [5.74, 6) is 0. The van der Waals surface area contributed by atoms with Crippen molar-refractivity contribution in [3.05, 3.63) is 47.2 Å². The van der Waals surface area contributed by atoms with Crippen molar-refractivity contribution in [2.45, 2.75) is 47.6 Å². The lowest BCUT2D eigenvalue weighted by Gasteiger charge is -2.12. The highest BCUT2D eigenvalue weighted by Gasteiger charge is 2.06. The zero-order valence-corrected chi connectivity index (χ0v) is 16.0. The van der Waals surface area contributed by atoms with Gasteiger partial charge in [0.2, 0.25) is 0 Å². The molecule has 1 aromatic rings. The fourth-order valence-electron chi connectivity index (χ4n) is 2.44. The van der Waals surface area contributed by atoms with Crippen LogP contribution in [0.3, 0.4) is 0 Å². The second-order valence-electron chi connectivity index (χ2n) is 6.15. The number of benzene rings is 1. The predicted octanol–water partition coefficient (Wildman–Crippen LogP) is 5.24. The number of hydrogen-bond acceptors (Lipinski definition) is 3. The van der Waals surface area contributed by atoms with Crippen molar-refractivity contribution in [3.63, 3.8) is 0 Å². The highest BCUT2D eigenvalue weighted by atomic mass is 16.5. The van der Waals surface area contributed by atoms with Gasteiger partial charge in [-0.2, -0.15) is 0 Å². The van der Waals surface area contributed by atoms with E-state index < -0.39 is 0 Å². The molecule has 0 aromatic heterocycles. The molecule has 1 rings (SSSR count). The molecule has 0 spiro atoms. The maximum Gasteiger partial charge on any atom is 0.111 e. The molecule has 0 saturated heterocycles. The van der Waals surface area contributed by atoms with E-state index in [1.54, 1.807) is 0 Å². The summed E-state index contributed by atoms with van der Waals surface area (Å²) in [6.45, 7) is 14.8. The van der Waals surface area contributed by atoms with Crippen molar-refractivity contribution in [1.82, 2.24) is 0 Å².